The summed E-state index contributed by atoms with van der Waals surface area (Å²) >= 11 is 0. The second-order valence-electron chi connectivity index (χ2n) is 7.26. The summed E-state index contributed by atoms with van der Waals surface area (Å²) in [7, 11) is 0. The second-order valence-corrected chi connectivity index (χ2v) is 7.26. The van der Waals surface area contributed by atoms with Crippen LogP contribution in [0.3, 0.4) is 0 Å². The van der Waals surface area contributed by atoms with Gasteiger partial charge in [-0.05, 0) is 36.0 Å². The molecule has 2 fully saturated rings. The molecule has 19 heavy (non-hydrogen) atoms. The van der Waals surface area contributed by atoms with E-state index in [1.54, 1.807) is 0 Å². The number of carbonyl (C=O) groups is 2. The third-order valence-corrected chi connectivity index (χ3v) is 5.59. The van der Waals surface area contributed by atoms with E-state index < -0.39 is 0 Å². The molecule has 0 radical (unpaired) electrons. The Hall–Kier alpha value is -0.860. The number of rotatable bonds is 2. The molecule has 2 aliphatic rings. The number of hydrogen-bond acceptors (Lipinski definition) is 3. The third-order valence-electron chi connectivity index (χ3n) is 5.59. The number of carbonyl (C=O) groups excluding carboxylic acids is 2. The number of fused-ring (bicyclic) bond motifs is 1. The highest BCUT2D eigenvalue weighted by Crippen LogP contribution is 2.58. The van der Waals surface area contributed by atoms with Crippen LogP contribution in [0.5, 0.6) is 0 Å². The summed E-state index contributed by atoms with van der Waals surface area (Å²) in [5.74, 6) is 0.466. The van der Waals surface area contributed by atoms with Crippen LogP contribution in [0.15, 0.2) is 0 Å². The highest BCUT2D eigenvalue weighted by atomic mass is 16.5. The number of hydrogen-bond donors (Lipinski definition) is 0. The first kappa shape index (κ1) is 14.5. The first-order valence-corrected chi connectivity index (χ1v) is 7.43. The van der Waals surface area contributed by atoms with Crippen LogP contribution in [0.4, 0.5) is 0 Å². The molecular formula is C16H26O3. The van der Waals surface area contributed by atoms with Crippen LogP contribution < -0.4 is 0 Å². The fraction of sp³-hybridized carbons (Fsp3) is 0.875. The van der Waals surface area contributed by atoms with Gasteiger partial charge in [-0.15, -0.1) is 0 Å². The van der Waals surface area contributed by atoms with Crippen molar-refractivity contribution >= 4 is 11.8 Å². The largest absolute Gasteiger partial charge is 0.465 e. The van der Waals surface area contributed by atoms with Crippen LogP contribution in [-0.4, -0.2) is 18.4 Å². The average Bonchev–Trinajstić information content (AvgIpc) is 2.26. The summed E-state index contributed by atoms with van der Waals surface area (Å²) in [5.41, 5.74) is 0.300. The fourth-order valence-corrected chi connectivity index (χ4v) is 4.62. The van der Waals surface area contributed by atoms with Gasteiger partial charge < -0.3 is 4.74 Å². The Bertz CT molecular complexity index is 385. The molecule has 108 valence electrons. The van der Waals surface area contributed by atoms with Gasteiger partial charge in [-0.25, -0.2) is 0 Å². The van der Waals surface area contributed by atoms with Gasteiger partial charge >= 0.3 is 5.97 Å². The molecule has 2 saturated carbocycles. The predicted octanol–water partition coefficient (Wildman–Crippen LogP) is 3.36. The SMILES string of the molecule is CC(=O)OC[C@@H]1C(=O)CC[C@@H]2C(C)(C)CCC[C@@]12C. The molecule has 0 aromatic carbocycles. The van der Waals surface area contributed by atoms with Gasteiger partial charge in [0, 0.05) is 13.3 Å². The van der Waals surface area contributed by atoms with Crippen molar-refractivity contribution in [2.75, 3.05) is 6.61 Å². The lowest BCUT2D eigenvalue weighted by molar-refractivity contribution is -0.156. The smallest absolute Gasteiger partial charge is 0.302 e. The van der Waals surface area contributed by atoms with Crippen molar-refractivity contribution in [3.63, 3.8) is 0 Å². The maximum absolute atomic E-state index is 12.3. The van der Waals surface area contributed by atoms with E-state index in [-0.39, 0.29) is 29.7 Å². The molecule has 0 bridgehead atoms. The van der Waals surface area contributed by atoms with Crippen LogP contribution in [0.2, 0.25) is 0 Å². The Morgan fingerprint density at radius 2 is 2.00 bits per heavy atom. The van der Waals surface area contributed by atoms with Gasteiger partial charge in [0.25, 0.3) is 0 Å². The van der Waals surface area contributed by atoms with E-state index in [0.29, 0.717) is 17.8 Å². The highest BCUT2D eigenvalue weighted by molar-refractivity contribution is 5.83. The molecule has 0 aromatic rings. The maximum Gasteiger partial charge on any atom is 0.302 e. The molecule has 0 N–H and O–H groups in total. The minimum absolute atomic E-state index is 0.00648. The van der Waals surface area contributed by atoms with Gasteiger partial charge in [0.2, 0.25) is 0 Å². The average molecular weight is 266 g/mol. The summed E-state index contributed by atoms with van der Waals surface area (Å²) in [6, 6.07) is 0. The number of Topliss-reactive ketones (excluding diaryl/α,β-unsaturated/α-hetero) is 1. The third kappa shape index (κ3) is 2.56. The maximum atomic E-state index is 12.3. The standard InChI is InChI=1S/C16H26O3/c1-11(17)19-10-12-13(18)6-7-14-15(2,3)8-5-9-16(12,14)4/h12,14H,5-10H2,1-4H3/t12-,14-,16+/m1/s1. The Balaban J connectivity index is 2.24. The molecule has 3 nitrogen and oxygen atoms in total. The van der Waals surface area contributed by atoms with E-state index in [1.165, 1.54) is 19.8 Å². The van der Waals surface area contributed by atoms with E-state index in [1.807, 2.05) is 0 Å². The first-order valence-electron chi connectivity index (χ1n) is 7.43. The molecule has 0 spiro atoms. The van der Waals surface area contributed by atoms with Crippen molar-refractivity contribution in [1.29, 1.82) is 0 Å². The van der Waals surface area contributed by atoms with Crippen LogP contribution in [0.1, 0.15) is 59.8 Å². The molecule has 3 heteroatoms. The van der Waals surface area contributed by atoms with Crippen LogP contribution >= 0.6 is 0 Å². The topological polar surface area (TPSA) is 43.4 Å². The summed E-state index contributed by atoms with van der Waals surface area (Å²) in [5, 5.41) is 0. The van der Waals surface area contributed by atoms with Crippen LogP contribution in [-0.2, 0) is 14.3 Å². The van der Waals surface area contributed by atoms with E-state index in [2.05, 4.69) is 20.8 Å². The van der Waals surface area contributed by atoms with Gasteiger partial charge in [0.1, 0.15) is 12.4 Å². The minimum Gasteiger partial charge on any atom is -0.465 e. The Morgan fingerprint density at radius 3 is 2.63 bits per heavy atom. The number of ketones is 1. The van der Waals surface area contributed by atoms with E-state index in [0.717, 1.165) is 12.8 Å². The van der Waals surface area contributed by atoms with Gasteiger partial charge in [0.05, 0.1) is 5.92 Å². The zero-order chi connectivity index (χ0) is 14.3. The molecule has 3 atom stereocenters. The summed E-state index contributed by atoms with van der Waals surface area (Å²) in [6.45, 7) is 8.58. The minimum atomic E-state index is -0.284. The summed E-state index contributed by atoms with van der Waals surface area (Å²) < 4.78 is 5.17. The molecule has 0 saturated heterocycles. The van der Waals surface area contributed by atoms with E-state index >= 15 is 0 Å². The Kier molecular flexibility index (Phi) is 3.76. The first-order chi connectivity index (χ1) is 8.77. The quantitative estimate of drug-likeness (QED) is 0.720. The highest BCUT2D eigenvalue weighted by Gasteiger charge is 2.54. The molecule has 0 unspecified atom stereocenters. The second kappa shape index (κ2) is 4.92. The van der Waals surface area contributed by atoms with Crippen molar-refractivity contribution < 1.29 is 14.3 Å². The lowest BCUT2D eigenvalue weighted by Gasteiger charge is -2.56. The molecule has 0 heterocycles. The number of esters is 1. The van der Waals surface area contributed by atoms with Gasteiger partial charge in [-0.1, -0.05) is 27.2 Å². The zero-order valence-electron chi connectivity index (χ0n) is 12.6. The normalized spacial score (nSPS) is 37.6. The molecule has 0 aliphatic heterocycles. The van der Waals surface area contributed by atoms with Crippen molar-refractivity contribution in [1.82, 2.24) is 0 Å². The lowest BCUT2D eigenvalue weighted by atomic mass is 9.48. The van der Waals surface area contributed by atoms with Crippen molar-refractivity contribution in [2.24, 2.45) is 22.7 Å². The summed E-state index contributed by atoms with van der Waals surface area (Å²) in [4.78, 5) is 23.3. The predicted molar refractivity (Wildman–Crippen MR) is 73.6 cm³/mol. The van der Waals surface area contributed by atoms with Crippen LogP contribution in [0, 0.1) is 22.7 Å². The zero-order valence-corrected chi connectivity index (χ0v) is 12.6. The fourth-order valence-electron chi connectivity index (χ4n) is 4.62. The van der Waals surface area contributed by atoms with E-state index in [4.69, 9.17) is 4.74 Å². The monoisotopic (exact) mass is 266 g/mol. The van der Waals surface area contributed by atoms with Crippen molar-refractivity contribution in [3.8, 4) is 0 Å². The Morgan fingerprint density at radius 1 is 1.32 bits per heavy atom. The van der Waals surface area contributed by atoms with Gasteiger partial charge in [-0.2, -0.15) is 0 Å². The summed E-state index contributed by atoms with van der Waals surface area (Å²) in [6.07, 6.45) is 5.14. The molecule has 0 amide bonds. The van der Waals surface area contributed by atoms with Gasteiger partial charge in [0.15, 0.2) is 0 Å². The molecule has 0 aromatic heterocycles. The molecule has 2 rings (SSSR count). The van der Waals surface area contributed by atoms with Crippen LogP contribution in [0.25, 0.3) is 0 Å². The lowest BCUT2D eigenvalue weighted by Crippen LogP contribution is -2.53. The Labute approximate surface area is 116 Å². The van der Waals surface area contributed by atoms with Crippen molar-refractivity contribution in [2.45, 2.75) is 59.8 Å². The number of ether oxygens (including phenoxy) is 1. The van der Waals surface area contributed by atoms with Crippen molar-refractivity contribution in [3.05, 3.63) is 0 Å². The van der Waals surface area contributed by atoms with Gasteiger partial charge in [-0.3, -0.25) is 9.59 Å². The molecule has 2 aliphatic carbocycles. The molecular weight excluding hydrogens is 240 g/mol. The van der Waals surface area contributed by atoms with E-state index in [9.17, 15) is 9.59 Å².